The molecule has 188 valence electrons. The maximum absolute atomic E-state index is 13.5. The second-order valence-corrected chi connectivity index (χ2v) is 9.01. The molecule has 10 nitrogen and oxygen atoms in total. The number of carbonyl (C=O) groups is 2. The maximum Gasteiger partial charge on any atom is 0.352 e. The molecule has 0 saturated carbocycles. The first kappa shape index (κ1) is 24.9. The molecule has 1 N–H and O–H groups in total. The number of hydrogen-bond acceptors (Lipinski definition) is 6. The smallest absolute Gasteiger partial charge is 0.352 e. The lowest BCUT2D eigenvalue weighted by Gasteiger charge is -2.14. The summed E-state index contributed by atoms with van der Waals surface area (Å²) in [6.45, 7) is 7.17. The summed E-state index contributed by atoms with van der Waals surface area (Å²) in [6.07, 6.45) is 0.761. The lowest BCUT2D eigenvalue weighted by atomic mass is 10.1. The van der Waals surface area contributed by atoms with Gasteiger partial charge in [-0.25, -0.2) is 13.9 Å². The number of carbonyl (C=O) groups excluding carboxylic acids is 2. The van der Waals surface area contributed by atoms with Crippen LogP contribution in [-0.4, -0.2) is 43.6 Å². The molecule has 0 aliphatic heterocycles. The Morgan fingerprint density at radius 1 is 1.03 bits per heavy atom. The number of rotatable bonds is 8. The average molecular weight is 492 g/mol. The van der Waals surface area contributed by atoms with Gasteiger partial charge in [0.25, 0.3) is 11.5 Å². The Morgan fingerprint density at radius 2 is 1.69 bits per heavy atom. The van der Waals surface area contributed by atoms with Crippen molar-refractivity contribution in [3.8, 4) is 5.75 Å². The van der Waals surface area contributed by atoms with Gasteiger partial charge in [-0.3, -0.25) is 19.0 Å². The van der Waals surface area contributed by atoms with Crippen molar-refractivity contribution in [1.29, 1.82) is 0 Å². The van der Waals surface area contributed by atoms with Crippen LogP contribution >= 0.6 is 0 Å². The van der Waals surface area contributed by atoms with Gasteiger partial charge in [-0.2, -0.15) is 0 Å². The summed E-state index contributed by atoms with van der Waals surface area (Å²) in [5, 5.41) is 7.53. The number of ether oxygens (including phenoxy) is 1. The summed E-state index contributed by atoms with van der Waals surface area (Å²) in [4.78, 5) is 52.4. The molecule has 0 aliphatic carbocycles. The summed E-state index contributed by atoms with van der Waals surface area (Å²) in [6, 6.07) is 10.9. The van der Waals surface area contributed by atoms with Crippen molar-refractivity contribution in [2.45, 2.75) is 52.7 Å². The molecule has 36 heavy (non-hydrogen) atoms. The van der Waals surface area contributed by atoms with Gasteiger partial charge in [-0.1, -0.05) is 6.92 Å². The Kier molecular flexibility index (Phi) is 6.78. The lowest BCUT2D eigenvalue weighted by molar-refractivity contribution is 0.0937. The number of fused-ring (bicyclic) bond motifs is 3. The van der Waals surface area contributed by atoms with E-state index in [0.29, 0.717) is 16.9 Å². The van der Waals surface area contributed by atoms with Crippen LogP contribution in [0.5, 0.6) is 5.75 Å². The van der Waals surface area contributed by atoms with Gasteiger partial charge in [0.15, 0.2) is 5.78 Å². The molecule has 2 aromatic heterocycles. The average Bonchev–Trinajstić information content (AvgIpc) is 3.18. The summed E-state index contributed by atoms with van der Waals surface area (Å²) >= 11 is 0. The van der Waals surface area contributed by atoms with Crippen molar-refractivity contribution in [2.75, 3.05) is 7.11 Å². The minimum atomic E-state index is -0.578. The van der Waals surface area contributed by atoms with Crippen LogP contribution in [-0.2, 0) is 6.54 Å². The Hall–Kier alpha value is -4.21. The molecule has 0 fully saturated rings. The number of aromatic nitrogens is 4. The first-order chi connectivity index (χ1) is 17.2. The van der Waals surface area contributed by atoms with Crippen LogP contribution in [0.4, 0.5) is 0 Å². The van der Waals surface area contributed by atoms with E-state index in [1.807, 2.05) is 27.7 Å². The molecule has 10 heteroatoms. The minimum Gasteiger partial charge on any atom is -0.497 e. The van der Waals surface area contributed by atoms with Gasteiger partial charge < -0.3 is 10.1 Å². The summed E-state index contributed by atoms with van der Waals surface area (Å²) in [5.74, 6) is 0.0913. The van der Waals surface area contributed by atoms with Gasteiger partial charge in [0.2, 0.25) is 5.78 Å². The fourth-order valence-corrected chi connectivity index (χ4v) is 4.00. The third kappa shape index (κ3) is 4.41. The van der Waals surface area contributed by atoms with Crippen molar-refractivity contribution in [3.63, 3.8) is 0 Å². The number of ketones is 1. The fourth-order valence-electron chi connectivity index (χ4n) is 4.00. The second kappa shape index (κ2) is 9.80. The number of Topliss-reactive ketones (excluding diaryl/α,β-unsaturated/α-hetero) is 1. The topological polar surface area (TPSA) is 117 Å². The number of nitrogens with one attached hydrogen (secondary N) is 1. The molecule has 2 aromatic carbocycles. The van der Waals surface area contributed by atoms with Gasteiger partial charge in [0, 0.05) is 23.2 Å². The number of methoxy groups -OCH3 is 1. The standard InChI is InChI=1S/C26H29N5O5/c1-6-16(4)27-23(33)18-9-12-20-21(13-18)31-25(30(15(2)3)24(20)34)28-29(26(31)35)14-22(32)17-7-10-19(36-5)11-8-17/h7-13,15-16H,6,14H2,1-5H3,(H,27,33). The lowest BCUT2D eigenvalue weighted by Crippen LogP contribution is -2.32. The molecular weight excluding hydrogens is 462 g/mol. The zero-order chi connectivity index (χ0) is 26.1. The molecular formula is C26H29N5O5. The summed E-state index contributed by atoms with van der Waals surface area (Å²) < 4.78 is 8.88. The van der Waals surface area contributed by atoms with E-state index >= 15 is 0 Å². The quantitative estimate of drug-likeness (QED) is 0.379. The van der Waals surface area contributed by atoms with Crippen LogP contribution in [0.25, 0.3) is 16.7 Å². The first-order valence-electron chi connectivity index (χ1n) is 11.8. The summed E-state index contributed by atoms with van der Waals surface area (Å²) in [7, 11) is 1.53. The van der Waals surface area contributed by atoms with Crippen LogP contribution < -0.4 is 21.3 Å². The van der Waals surface area contributed by atoms with Crippen LogP contribution in [0.15, 0.2) is 52.1 Å². The van der Waals surface area contributed by atoms with E-state index in [0.717, 1.165) is 11.1 Å². The predicted molar refractivity (Wildman–Crippen MR) is 136 cm³/mol. The van der Waals surface area contributed by atoms with E-state index in [1.54, 1.807) is 36.4 Å². The van der Waals surface area contributed by atoms with E-state index < -0.39 is 5.69 Å². The molecule has 4 rings (SSSR count). The van der Waals surface area contributed by atoms with E-state index in [4.69, 9.17) is 4.74 Å². The molecule has 4 aromatic rings. The highest BCUT2D eigenvalue weighted by Crippen LogP contribution is 2.17. The Morgan fingerprint density at radius 3 is 2.31 bits per heavy atom. The Bertz CT molecular complexity index is 1580. The highest BCUT2D eigenvalue weighted by Gasteiger charge is 2.21. The zero-order valence-electron chi connectivity index (χ0n) is 20.9. The third-order valence-electron chi connectivity index (χ3n) is 6.20. The molecule has 0 aliphatic rings. The molecule has 0 radical (unpaired) electrons. The number of hydrogen-bond donors (Lipinski definition) is 1. The van der Waals surface area contributed by atoms with Crippen LogP contribution in [0.1, 0.15) is 60.9 Å². The predicted octanol–water partition coefficient (Wildman–Crippen LogP) is 2.81. The van der Waals surface area contributed by atoms with Gasteiger partial charge >= 0.3 is 5.69 Å². The van der Waals surface area contributed by atoms with E-state index in [9.17, 15) is 19.2 Å². The Labute approximate surface area is 207 Å². The van der Waals surface area contributed by atoms with Crippen molar-refractivity contribution < 1.29 is 14.3 Å². The maximum atomic E-state index is 13.5. The van der Waals surface area contributed by atoms with Crippen molar-refractivity contribution in [3.05, 3.63) is 74.4 Å². The molecule has 0 saturated heterocycles. The van der Waals surface area contributed by atoms with Crippen LogP contribution in [0, 0.1) is 0 Å². The number of benzene rings is 2. The van der Waals surface area contributed by atoms with Crippen molar-refractivity contribution >= 4 is 28.4 Å². The van der Waals surface area contributed by atoms with E-state index in [2.05, 4.69) is 10.4 Å². The zero-order valence-corrected chi connectivity index (χ0v) is 20.9. The highest BCUT2D eigenvalue weighted by molar-refractivity contribution is 5.98. The molecule has 2 heterocycles. The van der Waals surface area contributed by atoms with E-state index in [1.165, 1.54) is 22.1 Å². The van der Waals surface area contributed by atoms with Crippen LogP contribution in [0.3, 0.4) is 0 Å². The van der Waals surface area contributed by atoms with Gasteiger partial charge in [0.05, 0.1) is 18.0 Å². The van der Waals surface area contributed by atoms with Crippen molar-refractivity contribution in [2.24, 2.45) is 0 Å². The van der Waals surface area contributed by atoms with Gasteiger partial charge in [-0.05, 0) is 69.7 Å². The van der Waals surface area contributed by atoms with Crippen molar-refractivity contribution in [1.82, 2.24) is 24.1 Å². The molecule has 1 unspecified atom stereocenters. The largest absolute Gasteiger partial charge is 0.497 e. The highest BCUT2D eigenvalue weighted by atomic mass is 16.5. The number of amides is 1. The number of nitrogens with zero attached hydrogens (tertiary/aromatic N) is 4. The SMILES string of the molecule is CCC(C)NC(=O)c1ccc2c(=O)n(C(C)C)c3nn(CC(=O)c4ccc(OC)cc4)c(=O)n3c2c1. The second-order valence-electron chi connectivity index (χ2n) is 9.01. The summed E-state index contributed by atoms with van der Waals surface area (Å²) in [5.41, 5.74) is 0.0669. The van der Waals surface area contributed by atoms with Crippen LogP contribution in [0.2, 0.25) is 0 Å². The first-order valence-corrected chi connectivity index (χ1v) is 11.8. The monoisotopic (exact) mass is 491 g/mol. The molecule has 1 amide bonds. The minimum absolute atomic E-state index is 0.0309. The third-order valence-corrected chi connectivity index (χ3v) is 6.20. The molecule has 0 bridgehead atoms. The van der Waals surface area contributed by atoms with Gasteiger partial charge in [-0.15, -0.1) is 5.10 Å². The van der Waals surface area contributed by atoms with Gasteiger partial charge in [0.1, 0.15) is 12.3 Å². The Balaban J connectivity index is 1.88. The fraction of sp³-hybridized carbons (Fsp3) is 0.346. The molecule has 0 spiro atoms. The molecule has 1 atom stereocenters. The normalized spacial score (nSPS) is 12.3. The van der Waals surface area contributed by atoms with E-state index in [-0.39, 0.29) is 52.6 Å².